The third-order valence-electron chi connectivity index (χ3n) is 6.02. The largest absolute Gasteiger partial charge is 0.497 e. The molecule has 0 fully saturated rings. The van der Waals surface area contributed by atoms with E-state index in [1.807, 2.05) is 30.3 Å². The van der Waals surface area contributed by atoms with Crippen molar-refractivity contribution < 1.29 is 27.4 Å². The number of ether oxygens (including phenoxy) is 3. The van der Waals surface area contributed by atoms with E-state index in [1.165, 1.54) is 36.9 Å². The van der Waals surface area contributed by atoms with Crippen molar-refractivity contribution in [2.45, 2.75) is 11.4 Å². The highest BCUT2D eigenvalue weighted by molar-refractivity contribution is 7.92. The molecule has 0 unspecified atom stereocenters. The van der Waals surface area contributed by atoms with E-state index in [-0.39, 0.29) is 22.7 Å². The van der Waals surface area contributed by atoms with Gasteiger partial charge in [0.1, 0.15) is 5.75 Å². The molecule has 9 nitrogen and oxygen atoms in total. The summed E-state index contributed by atoms with van der Waals surface area (Å²) in [5, 5.41) is 4.07. The zero-order valence-electron chi connectivity index (χ0n) is 22.3. The minimum Gasteiger partial charge on any atom is -0.497 e. The van der Waals surface area contributed by atoms with Crippen molar-refractivity contribution in [1.82, 2.24) is 5.43 Å². The third kappa shape index (κ3) is 6.41. The van der Waals surface area contributed by atoms with Crippen LogP contribution in [0.25, 0.3) is 0 Å². The topological polar surface area (TPSA) is 107 Å². The zero-order valence-corrected chi connectivity index (χ0v) is 23.1. The van der Waals surface area contributed by atoms with Crippen molar-refractivity contribution in [1.29, 1.82) is 0 Å². The number of hydrogen-bond acceptors (Lipinski definition) is 7. The number of sulfonamides is 1. The Hall–Kier alpha value is -4.83. The number of hydrogen-bond donors (Lipinski definition) is 1. The molecule has 0 atom stereocenters. The second kappa shape index (κ2) is 12.8. The molecule has 0 heterocycles. The second-order valence-electron chi connectivity index (χ2n) is 8.50. The monoisotopic (exact) mass is 559 g/mol. The Morgan fingerprint density at radius 2 is 1.50 bits per heavy atom. The standard InChI is InChI=1S/C30H29N3O6S/c1-37-24-14-16-25(17-15-24)40(35,36)33(21-22-9-5-4-6-10-22)27-12-8-7-11-26(27)30(34)32-31-20-23-13-18-28(38-2)29(19-23)39-3/h4-20H,21H2,1-3H3,(H,32,34)/b31-20+. The Labute approximate surface area is 233 Å². The Morgan fingerprint density at radius 3 is 2.17 bits per heavy atom. The number of nitrogens with one attached hydrogen (secondary N) is 1. The molecule has 10 heteroatoms. The van der Waals surface area contributed by atoms with E-state index in [4.69, 9.17) is 14.2 Å². The summed E-state index contributed by atoms with van der Waals surface area (Å²) in [6.07, 6.45) is 1.46. The van der Waals surface area contributed by atoms with Crippen LogP contribution in [0.5, 0.6) is 17.2 Å². The summed E-state index contributed by atoms with van der Waals surface area (Å²) in [7, 11) is 0.497. The van der Waals surface area contributed by atoms with Gasteiger partial charge in [0.05, 0.1) is 50.2 Å². The van der Waals surface area contributed by atoms with Crippen LogP contribution in [-0.4, -0.2) is 41.9 Å². The van der Waals surface area contributed by atoms with Gasteiger partial charge in [-0.1, -0.05) is 42.5 Å². The number of benzene rings is 4. The van der Waals surface area contributed by atoms with Crippen molar-refractivity contribution >= 4 is 27.8 Å². The quantitative estimate of drug-likeness (QED) is 0.208. The van der Waals surface area contributed by atoms with E-state index in [0.717, 1.165) is 5.56 Å². The number of nitrogens with zero attached hydrogens (tertiary/aromatic N) is 2. The highest BCUT2D eigenvalue weighted by atomic mass is 32.2. The molecule has 40 heavy (non-hydrogen) atoms. The van der Waals surface area contributed by atoms with Crippen LogP contribution in [0.4, 0.5) is 5.69 Å². The Kier molecular flexibility index (Phi) is 9.03. The van der Waals surface area contributed by atoms with Crippen molar-refractivity contribution in [3.63, 3.8) is 0 Å². The van der Waals surface area contributed by atoms with Gasteiger partial charge >= 0.3 is 0 Å². The van der Waals surface area contributed by atoms with Gasteiger partial charge in [-0.25, -0.2) is 13.8 Å². The number of hydrazone groups is 1. The SMILES string of the molecule is COc1ccc(S(=O)(=O)N(Cc2ccccc2)c2ccccc2C(=O)N/N=C/c2ccc(OC)c(OC)c2)cc1. The molecule has 4 aromatic carbocycles. The maximum atomic E-state index is 13.9. The molecule has 0 aromatic heterocycles. The fourth-order valence-corrected chi connectivity index (χ4v) is 5.44. The minimum absolute atomic E-state index is 0.00834. The molecule has 0 saturated carbocycles. The minimum atomic E-state index is -4.08. The first-order valence-corrected chi connectivity index (χ1v) is 13.7. The van der Waals surface area contributed by atoms with E-state index < -0.39 is 15.9 Å². The lowest BCUT2D eigenvalue weighted by Gasteiger charge is -2.26. The van der Waals surface area contributed by atoms with Crippen LogP contribution in [0.3, 0.4) is 0 Å². The van der Waals surface area contributed by atoms with Gasteiger partial charge in [-0.05, 0) is 65.7 Å². The average molecular weight is 560 g/mol. The highest BCUT2D eigenvalue weighted by Gasteiger charge is 2.28. The van der Waals surface area contributed by atoms with Crippen LogP contribution >= 0.6 is 0 Å². The van der Waals surface area contributed by atoms with Crippen LogP contribution in [-0.2, 0) is 16.6 Å². The number of carbonyl (C=O) groups is 1. The normalized spacial score (nSPS) is 11.2. The molecule has 1 amide bonds. The highest BCUT2D eigenvalue weighted by Crippen LogP contribution is 2.30. The summed E-state index contributed by atoms with van der Waals surface area (Å²) in [6.45, 7) is 0.00834. The van der Waals surface area contributed by atoms with E-state index in [1.54, 1.807) is 61.7 Å². The number of anilines is 1. The van der Waals surface area contributed by atoms with Crippen LogP contribution in [0.15, 0.2) is 107 Å². The molecule has 0 bridgehead atoms. The van der Waals surface area contributed by atoms with Crippen molar-refractivity contribution in [2.24, 2.45) is 5.10 Å². The molecule has 4 aromatic rings. The molecular weight excluding hydrogens is 530 g/mol. The van der Waals surface area contributed by atoms with Gasteiger partial charge in [0.2, 0.25) is 0 Å². The molecular formula is C30H29N3O6S. The van der Waals surface area contributed by atoms with Crippen molar-refractivity contribution in [3.8, 4) is 17.2 Å². The predicted octanol–water partition coefficient (Wildman–Crippen LogP) is 4.87. The molecule has 4 rings (SSSR count). The van der Waals surface area contributed by atoms with E-state index in [9.17, 15) is 13.2 Å². The summed E-state index contributed by atoms with van der Waals surface area (Å²) in [4.78, 5) is 13.3. The third-order valence-corrected chi connectivity index (χ3v) is 7.80. The Balaban J connectivity index is 1.67. The summed E-state index contributed by atoms with van der Waals surface area (Å²) in [5.41, 5.74) is 4.26. The molecule has 0 aliphatic heterocycles. The summed E-state index contributed by atoms with van der Waals surface area (Å²) >= 11 is 0. The van der Waals surface area contributed by atoms with Gasteiger partial charge < -0.3 is 14.2 Å². The van der Waals surface area contributed by atoms with Gasteiger partial charge in [-0.15, -0.1) is 0 Å². The van der Waals surface area contributed by atoms with E-state index in [2.05, 4.69) is 10.5 Å². The smallest absolute Gasteiger partial charge is 0.273 e. The van der Waals surface area contributed by atoms with Gasteiger partial charge in [0.25, 0.3) is 15.9 Å². The molecule has 206 valence electrons. The van der Waals surface area contributed by atoms with Crippen molar-refractivity contribution in [3.05, 3.63) is 114 Å². The van der Waals surface area contributed by atoms with E-state index in [0.29, 0.717) is 22.8 Å². The zero-order chi connectivity index (χ0) is 28.5. The lowest BCUT2D eigenvalue weighted by atomic mass is 10.1. The van der Waals surface area contributed by atoms with Gasteiger partial charge in [-0.2, -0.15) is 5.10 Å². The number of carbonyl (C=O) groups excluding carboxylic acids is 1. The first-order valence-electron chi connectivity index (χ1n) is 12.2. The molecule has 0 aliphatic carbocycles. The average Bonchev–Trinajstić information content (AvgIpc) is 3.00. The van der Waals surface area contributed by atoms with Crippen molar-refractivity contribution in [2.75, 3.05) is 25.6 Å². The first-order chi connectivity index (χ1) is 19.4. The van der Waals surface area contributed by atoms with Gasteiger partial charge in [0.15, 0.2) is 11.5 Å². The Bertz CT molecular complexity index is 1590. The molecule has 0 aliphatic rings. The number of rotatable bonds is 11. The van der Waals surface area contributed by atoms with Crippen LogP contribution in [0, 0.1) is 0 Å². The fourth-order valence-electron chi connectivity index (χ4n) is 3.97. The molecule has 0 radical (unpaired) electrons. The number of methoxy groups -OCH3 is 3. The van der Waals surface area contributed by atoms with Gasteiger partial charge in [0, 0.05) is 0 Å². The van der Waals surface area contributed by atoms with Crippen LogP contribution in [0.2, 0.25) is 0 Å². The fraction of sp³-hybridized carbons (Fsp3) is 0.133. The van der Waals surface area contributed by atoms with E-state index >= 15 is 0 Å². The lowest BCUT2D eigenvalue weighted by Crippen LogP contribution is -2.33. The lowest BCUT2D eigenvalue weighted by molar-refractivity contribution is 0.0955. The summed E-state index contributed by atoms with van der Waals surface area (Å²) in [5.74, 6) is 1.04. The summed E-state index contributed by atoms with van der Waals surface area (Å²) in [6, 6.07) is 27.0. The first kappa shape index (κ1) is 28.2. The molecule has 1 N–H and O–H groups in total. The number of amides is 1. The molecule has 0 spiro atoms. The second-order valence-corrected chi connectivity index (χ2v) is 10.4. The van der Waals surface area contributed by atoms with Crippen LogP contribution < -0.4 is 23.9 Å². The summed E-state index contributed by atoms with van der Waals surface area (Å²) < 4.78 is 44.8. The predicted molar refractivity (Wildman–Crippen MR) is 154 cm³/mol. The maximum absolute atomic E-state index is 13.9. The van der Waals surface area contributed by atoms with Crippen LogP contribution in [0.1, 0.15) is 21.5 Å². The van der Waals surface area contributed by atoms with Gasteiger partial charge in [-0.3, -0.25) is 9.10 Å². The number of para-hydroxylation sites is 1. The maximum Gasteiger partial charge on any atom is 0.273 e. The molecule has 0 saturated heterocycles. The Morgan fingerprint density at radius 1 is 0.825 bits per heavy atom.